The second-order valence-electron chi connectivity index (χ2n) is 2.73. The van der Waals surface area contributed by atoms with Gasteiger partial charge in [0.2, 0.25) is 0 Å². The molecule has 0 atom stereocenters. The molecule has 0 spiro atoms. The number of ether oxygens (including phenoxy) is 2. The van der Waals surface area contributed by atoms with Gasteiger partial charge in [-0.25, -0.2) is 8.78 Å². The minimum Gasteiger partial charge on any atom is -0.490 e. The highest BCUT2D eigenvalue weighted by Crippen LogP contribution is 2.34. The van der Waals surface area contributed by atoms with Crippen molar-refractivity contribution in [3.05, 3.63) is 23.3 Å². The molecule has 1 aromatic carbocycles. The van der Waals surface area contributed by atoms with Gasteiger partial charge in [-0.15, -0.1) is 0 Å². The van der Waals surface area contributed by atoms with Crippen molar-refractivity contribution in [1.82, 2.24) is 0 Å². The van der Waals surface area contributed by atoms with E-state index in [4.69, 9.17) is 5.26 Å². The van der Waals surface area contributed by atoms with E-state index in [0.29, 0.717) is 0 Å². The van der Waals surface area contributed by atoms with Crippen molar-refractivity contribution in [2.24, 2.45) is 0 Å². The maximum Gasteiger partial charge on any atom is 0.200 e. The Balaban J connectivity index is 3.38. The molecular weight excluding hydrogens is 204 g/mol. The van der Waals surface area contributed by atoms with Crippen molar-refractivity contribution in [3.8, 4) is 17.6 Å². The second-order valence-corrected chi connectivity index (χ2v) is 2.73. The number of hydrogen-bond donors (Lipinski definition) is 0. The molecule has 15 heavy (non-hydrogen) atoms. The van der Waals surface area contributed by atoms with Crippen LogP contribution in [0.15, 0.2) is 6.07 Å². The van der Waals surface area contributed by atoms with Crippen LogP contribution in [0.5, 0.6) is 11.5 Å². The molecule has 0 saturated heterocycles. The van der Waals surface area contributed by atoms with Gasteiger partial charge in [-0.2, -0.15) is 5.26 Å². The van der Waals surface area contributed by atoms with Crippen LogP contribution in [-0.4, -0.2) is 14.2 Å². The fraction of sp³-hybridized carbons (Fsp3) is 0.300. The highest BCUT2D eigenvalue weighted by atomic mass is 19.1. The molecule has 0 aromatic heterocycles. The van der Waals surface area contributed by atoms with Crippen LogP contribution in [0.3, 0.4) is 0 Å². The fourth-order valence-electron chi connectivity index (χ4n) is 1.22. The lowest BCUT2D eigenvalue weighted by Crippen LogP contribution is -2.01. The van der Waals surface area contributed by atoms with Gasteiger partial charge in [0.15, 0.2) is 23.1 Å². The molecule has 0 aliphatic carbocycles. The van der Waals surface area contributed by atoms with Gasteiger partial charge in [-0.3, -0.25) is 0 Å². The molecule has 0 amide bonds. The first-order chi connectivity index (χ1) is 7.15. The van der Waals surface area contributed by atoms with Gasteiger partial charge in [-0.1, -0.05) is 0 Å². The first-order valence-corrected chi connectivity index (χ1v) is 4.11. The summed E-state index contributed by atoms with van der Waals surface area (Å²) in [7, 11) is 2.42. The average Bonchev–Trinajstić information content (AvgIpc) is 2.22. The molecule has 3 nitrogen and oxygen atoms in total. The Morgan fingerprint density at radius 3 is 2.33 bits per heavy atom. The molecule has 0 unspecified atom stereocenters. The van der Waals surface area contributed by atoms with E-state index in [-0.39, 0.29) is 23.5 Å². The average molecular weight is 213 g/mol. The van der Waals surface area contributed by atoms with E-state index in [1.54, 1.807) is 6.07 Å². The van der Waals surface area contributed by atoms with Crippen molar-refractivity contribution in [3.63, 3.8) is 0 Å². The normalized spacial score (nSPS) is 9.53. The van der Waals surface area contributed by atoms with Gasteiger partial charge in [0.25, 0.3) is 0 Å². The van der Waals surface area contributed by atoms with E-state index in [1.807, 2.05) is 0 Å². The van der Waals surface area contributed by atoms with Gasteiger partial charge in [0.05, 0.1) is 26.7 Å². The molecule has 0 bridgehead atoms. The van der Waals surface area contributed by atoms with E-state index in [2.05, 4.69) is 9.47 Å². The number of benzene rings is 1. The van der Waals surface area contributed by atoms with Crippen LogP contribution in [-0.2, 0) is 6.42 Å². The number of hydrogen-bond acceptors (Lipinski definition) is 3. The predicted octanol–water partition coefficient (Wildman–Crippen LogP) is 2.05. The Morgan fingerprint density at radius 2 is 1.87 bits per heavy atom. The van der Waals surface area contributed by atoms with Crippen LogP contribution in [0.1, 0.15) is 5.56 Å². The van der Waals surface area contributed by atoms with E-state index in [9.17, 15) is 8.78 Å². The summed E-state index contributed by atoms with van der Waals surface area (Å²) in [6, 6.07) is 2.67. The summed E-state index contributed by atoms with van der Waals surface area (Å²) in [4.78, 5) is 0. The van der Waals surface area contributed by atoms with Gasteiger partial charge in [-0.05, 0) is 6.07 Å². The largest absolute Gasteiger partial charge is 0.490 e. The number of nitrogens with zero attached hydrogens (tertiary/aromatic N) is 1. The topological polar surface area (TPSA) is 42.2 Å². The monoisotopic (exact) mass is 213 g/mol. The first-order valence-electron chi connectivity index (χ1n) is 4.11. The highest BCUT2D eigenvalue weighted by Gasteiger charge is 2.19. The standard InChI is InChI=1S/C10H9F2NO2/c1-14-9-7(11)5-6(3-4-13)8(12)10(9)15-2/h5H,3H2,1-2H3. The number of nitriles is 1. The zero-order chi connectivity index (χ0) is 11.4. The quantitative estimate of drug-likeness (QED) is 0.771. The van der Waals surface area contributed by atoms with Crippen LogP contribution in [0.4, 0.5) is 8.78 Å². The minimum atomic E-state index is -0.766. The molecule has 0 aliphatic rings. The molecule has 0 N–H and O–H groups in total. The van der Waals surface area contributed by atoms with Crippen molar-refractivity contribution >= 4 is 0 Å². The summed E-state index contributed by atoms with van der Waals surface area (Å²) in [6.45, 7) is 0. The predicted molar refractivity (Wildman–Crippen MR) is 48.8 cm³/mol. The highest BCUT2D eigenvalue weighted by molar-refractivity contribution is 5.46. The fourth-order valence-corrected chi connectivity index (χ4v) is 1.22. The summed E-state index contributed by atoms with van der Waals surface area (Å²) < 4.78 is 36.2. The van der Waals surface area contributed by atoms with Crippen LogP contribution in [0, 0.1) is 23.0 Å². The van der Waals surface area contributed by atoms with Crippen molar-refractivity contribution in [2.45, 2.75) is 6.42 Å². The van der Waals surface area contributed by atoms with Crippen LogP contribution in [0.2, 0.25) is 0 Å². The molecule has 80 valence electrons. The van der Waals surface area contributed by atoms with Crippen LogP contribution >= 0.6 is 0 Å². The van der Waals surface area contributed by atoms with Gasteiger partial charge in [0.1, 0.15) is 0 Å². The number of rotatable bonds is 3. The third-order valence-corrected chi connectivity index (χ3v) is 1.88. The van der Waals surface area contributed by atoms with Crippen LogP contribution in [0.25, 0.3) is 0 Å². The van der Waals surface area contributed by atoms with E-state index in [0.717, 1.165) is 6.07 Å². The Morgan fingerprint density at radius 1 is 1.27 bits per heavy atom. The zero-order valence-corrected chi connectivity index (χ0v) is 8.30. The maximum atomic E-state index is 13.6. The molecule has 1 aromatic rings. The van der Waals surface area contributed by atoms with Gasteiger partial charge >= 0.3 is 0 Å². The summed E-state index contributed by atoms with van der Waals surface area (Å²) in [6.07, 6.45) is -0.219. The summed E-state index contributed by atoms with van der Waals surface area (Å²) >= 11 is 0. The molecule has 5 heteroatoms. The SMILES string of the molecule is COc1c(F)cc(CC#N)c(F)c1OC. The number of halogens is 2. The second kappa shape index (κ2) is 4.60. The first kappa shape index (κ1) is 11.2. The molecule has 0 saturated carbocycles. The van der Waals surface area contributed by atoms with E-state index >= 15 is 0 Å². The molecule has 0 fully saturated rings. The lowest BCUT2D eigenvalue weighted by atomic mass is 10.1. The third kappa shape index (κ3) is 1.99. The summed E-state index contributed by atoms with van der Waals surface area (Å²) in [5, 5.41) is 8.41. The Kier molecular flexibility index (Phi) is 3.45. The third-order valence-electron chi connectivity index (χ3n) is 1.88. The molecule has 0 aliphatic heterocycles. The smallest absolute Gasteiger partial charge is 0.200 e. The Bertz CT molecular complexity index is 413. The van der Waals surface area contributed by atoms with E-state index < -0.39 is 11.6 Å². The zero-order valence-electron chi connectivity index (χ0n) is 8.30. The maximum absolute atomic E-state index is 13.6. The van der Waals surface area contributed by atoms with Gasteiger partial charge < -0.3 is 9.47 Å². The molecule has 0 radical (unpaired) electrons. The molecule has 1 rings (SSSR count). The number of methoxy groups -OCH3 is 2. The van der Waals surface area contributed by atoms with E-state index in [1.165, 1.54) is 14.2 Å². The van der Waals surface area contributed by atoms with Crippen molar-refractivity contribution in [1.29, 1.82) is 5.26 Å². The van der Waals surface area contributed by atoms with Crippen LogP contribution < -0.4 is 9.47 Å². The molecule has 0 heterocycles. The van der Waals surface area contributed by atoms with Gasteiger partial charge in [0, 0.05) is 5.56 Å². The molecular formula is C10H9F2NO2. The lowest BCUT2D eigenvalue weighted by molar-refractivity contribution is 0.321. The minimum absolute atomic E-state index is 0.0485. The lowest BCUT2D eigenvalue weighted by Gasteiger charge is -2.11. The summed E-state index contributed by atoms with van der Waals surface area (Å²) in [5.74, 6) is -2.13. The summed E-state index contributed by atoms with van der Waals surface area (Å²) in [5.41, 5.74) is -0.0485. The Hall–Kier alpha value is -1.83. The Labute approximate surface area is 85.8 Å². The van der Waals surface area contributed by atoms with Crippen molar-refractivity contribution in [2.75, 3.05) is 14.2 Å². The van der Waals surface area contributed by atoms with Crippen molar-refractivity contribution < 1.29 is 18.3 Å².